The number of benzene rings is 3. The molecule has 0 aliphatic rings. The van der Waals surface area contributed by atoms with Gasteiger partial charge in [0, 0.05) is 10.9 Å². The molecular formula is C26H19N3O5. The Labute approximate surface area is 193 Å². The highest BCUT2D eigenvalue weighted by molar-refractivity contribution is 5.86. The van der Waals surface area contributed by atoms with Crippen molar-refractivity contribution in [2.24, 2.45) is 5.10 Å². The van der Waals surface area contributed by atoms with Gasteiger partial charge in [0.05, 0.1) is 17.1 Å². The van der Waals surface area contributed by atoms with Crippen molar-refractivity contribution >= 4 is 34.1 Å². The Morgan fingerprint density at radius 2 is 1.82 bits per heavy atom. The quantitative estimate of drug-likeness (QED) is 0.378. The number of para-hydroxylation sites is 3. The summed E-state index contributed by atoms with van der Waals surface area (Å²) in [6, 6.07) is 23.2. The predicted molar refractivity (Wildman–Crippen MR) is 128 cm³/mol. The van der Waals surface area contributed by atoms with Gasteiger partial charge in [-0.05, 0) is 43.3 Å². The number of aromatic nitrogens is 2. The SMILES string of the molecule is C[C@@H](Oc1ccccc1C=Nn1c(-c2cc3ccccc3o2)nc2ccccc2c1=O)C(=O)O. The highest BCUT2D eigenvalue weighted by atomic mass is 16.5. The van der Waals surface area contributed by atoms with Crippen LogP contribution in [0.5, 0.6) is 5.75 Å². The molecule has 2 heterocycles. The molecule has 0 aliphatic carbocycles. The monoisotopic (exact) mass is 453 g/mol. The maximum absolute atomic E-state index is 13.4. The van der Waals surface area contributed by atoms with Gasteiger partial charge in [-0.1, -0.05) is 42.5 Å². The van der Waals surface area contributed by atoms with E-state index in [1.807, 2.05) is 36.4 Å². The van der Waals surface area contributed by atoms with Crippen molar-refractivity contribution < 1.29 is 19.1 Å². The Kier molecular flexibility index (Phi) is 5.39. The highest BCUT2D eigenvalue weighted by Gasteiger charge is 2.17. The minimum atomic E-state index is -1.09. The summed E-state index contributed by atoms with van der Waals surface area (Å²) < 4.78 is 12.7. The Balaban J connectivity index is 1.66. The lowest BCUT2D eigenvalue weighted by atomic mass is 10.2. The van der Waals surface area contributed by atoms with E-state index in [1.54, 1.807) is 42.5 Å². The van der Waals surface area contributed by atoms with E-state index in [1.165, 1.54) is 17.8 Å². The van der Waals surface area contributed by atoms with Gasteiger partial charge in [0.2, 0.25) is 5.82 Å². The number of hydrogen-bond acceptors (Lipinski definition) is 6. The zero-order valence-corrected chi connectivity index (χ0v) is 18.1. The number of aliphatic carboxylic acids is 1. The van der Waals surface area contributed by atoms with Crippen molar-refractivity contribution in [1.82, 2.24) is 9.66 Å². The van der Waals surface area contributed by atoms with Crippen LogP contribution in [0.1, 0.15) is 12.5 Å². The number of rotatable bonds is 6. The zero-order valence-electron chi connectivity index (χ0n) is 18.1. The molecule has 0 saturated carbocycles. The van der Waals surface area contributed by atoms with Crippen LogP contribution in [0, 0.1) is 0 Å². The molecule has 1 N–H and O–H groups in total. The smallest absolute Gasteiger partial charge is 0.344 e. The molecule has 2 aromatic heterocycles. The Morgan fingerprint density at radius 3 is 2.65 bits per heavy atom. The second kappa shape index (κ2) is 8.67. The highest BCUT2D eigenvalue weighted by Crippen LogP contribution is 2.27. The lowest BCUT2D eigenvalue weighted by molar-refractivity contribution is -0.144. The summed E-state index contributed by atoms with van der Waals surface area (Å²) in [5.74, 6) is -0.124. The van der Waals surface area contributed by atoms with Gasteiger partial charge < -0.3 is 14.3 Å². The summed E-state index contributed by atoms with van der Waals surface area (Å²) >= 11 is 0. The molecule has 0 amide bonds. The summed E-state index contributed by atoms with van der Waals surface area (Å²) in [5, 5.41) is 14.9. The van der Waals surface area contributed by atoms with Crippen molar-refractivity contribution in [3.63, 3.8) is 0 Å². The first-order valence-corrected chi connectivity index (χ1v) is 10.5. The third-order valence-corrected chi connectivity index (χ3v) is 5.28. The van der Waals surface area contributed by atoms with E-state index < -0.39 is 12.1 Å². The first-order valence-electron chi connectivity index (χ1n) is 10.5. The average molecular weight is 453 g/mol. The lowest BCUT2D eigenvalue weighted by Gasteiger charge is -2.12. The van der Waals surface area contributed by atoms with Gasteiger partial charge in [-0.2, -0.15) is 9.78 Å². The first-order chi connectivity index (χ1) is 16.5. The van der Waals surface area contributed by atoms with Gasteiger partial charge in [-0.15, -0.1) is 0 Å². The molecule has 0 unspecified atom stereocenters. The maximum Gasteiger partial charge on any atom is 0.344 e. The molecule has 5 aromatic rings. The van der Waals surface area contributed by atoms with Gasteiger partial charge in [-0.25, -0.2) is 9.78 Å². The number of ether oxygens (including phenoxy) is 1. The molecule has 8 nitrogen and oxygen atoms in total. The van der Waals surface area contributed by atoms with Gasteiger partial charge in [0.15, 0.2) is 11.9 Å². The van der Waals surface area contributed by atoms with Gasteiger partial charge in [0.25, 0.3) is 5.56 Å². The molecule has 34 heavy (non-hydrogen) atoms. The van der Waals surface area contributed by atoms with Crippen LogP contribution in [-0.2, 0) is 4.79 Å². The number of carboxylic acid groups (broad SMARTS) is 1. The van der Waals surface area contributed by atoms with Crippen molar-refractivity contribution in [2.45, 2.75) is 13.0 Å². The molecule has 1 atom stereocenters. The summed E-state index contributed by atoms with van der Waals surface area (Å²) in [5.41, 5.74) is 1.33. The maximum atomic E-state index is 13.4. The Hall–Kier alpha value is -4.72. The molecule has 3 aromatic carbocycles. The average Bonchev–Trinajstić information content (AvgIpc) is 3.28. The topological polar surface area (TPSA) is 107 Å². The Morgan fingerprint density at radius 1 is 1.09 bits per heavy atom. The van der Waals surface area contributed by atoms with E-state index in [-0.39, 0.29) is 11.4 Å². The first kappa shape index (κ1) is 21.1. The molecule has 0 spiro atoms. The zero-order chi connectivity index (χ0) is 23.7. The summed E-state index contributed by atoms with van der Waals surface area (Å²) in [6.07, 6.45) is 0.388. The van der Waals surface area contributed by atoms with Crippen LogP contribution >= 0.6 is 0 Å². The Bertz CT molecular complexity index is 1580. The van der Waals surface area contributed by atoms with Crippen LogP contribution in [0.25, 0.3) is 33.5 Å². The van der Waals surface area contributed by atoms with Crippen molar-refractivity contribution in [3.05, 3.63) is 94.8 Å². The lowest BCUT2D eigenvalue weighted by Crippen LogP contribution is -2.23. The fourth-order valence-corrected chi connectivity index (χ4v) is 3.54. The van der Waals surface area contributed by atoms with Crippen LogP contribution in [0.4, 0.5) is 0 Å². The second-order valence-electron chi connectivity index (χ2n) is 7.60. The molecule has 5 rings (SSSR count). The second-order valence-corrected chi connectivity index (χ2v) is 7.60. The van der Waals surface area contributed by atoms with E-state index in [9.17, 15) is 14.7 Å². The largest absolute Gasteiger partial charge is 0.479 e. The van der Waals surface area contributed by atoms with Gasteiger partial charge >= 0.3 is 5.97 Å². The van der Waals surface area contributed by atoms with Crippen molar-refractivity contribution in [3.8, 4) is 17.3 Å². The van der Waals surface area contributed by atoms with Crippen LogP contribution in [0.15, 0.2) is 93.2 Å². The molecule has 0 radical (unpaired) electrons. The van der Waals surface area contributed by atoms with E-state index in [0.29, 0.717) is 33.6 Å². The van der Waals surface area contributed by atoms with Crippen LogP contribution in [0.3, 0.4) is 0 Å². The summed E-state index contributed by atoms with van der Waals surface area (Å²) in [4.78, 5) is 29.2. The number of hydrogen-bond donors (Lipinski definition) is 1. The van der Waals surface area contributed by atoms with E-state index in [0.717, 1.165) is 5.39 Å². The fraction of sp³-hybridized carbons (Fsp3) is 0.0769. The number of fused-ring (bicyclic) bond motifs is 2. The molecule has 0 saturated heterocycles. The van der Waals surface area contributed by atoms with E-state index in [2.05, 4.69) is 10.1 Å². The van der Waals surface area contributed by atoms with Crippen LogP contribution in [-0.4, -0.2) is 33.1 Å². The molecule has 0 fully saturated rings. The molecule has 168 valence electrons. The van der Waals surface area contributed by atoms with Crippen LogP contribution < -0.4 is 10.3 Å². The number of furan rings is 1. The van der Waals surface area contributed by atoms with Gasteiger partial charge in [0.1, 0.15) is 11.3 Å². The molecular weight excluding hydrogens is 434 g/mol. The predicted octanol–water partition coefficient (Wildman–Crippen LogP) is 4.54. The van der Waals surface area contributed by atoms with Crippen LogP contribution in [0.2, 0.25) is 0 Å². The minimum absolute atomic E-state index is 0.244. The van der Waals surface area contributed by atoms with Crippen molar-refractivity contribution in [2.75, 3.05) is 0 Å². The number of carboxylic acids is 1. The van der Waals surface area contributed by atoms with Crippen molar-refractivity contribution in [1.29, 1.82) is 0 Å². The molecule has 0 bridgehead atoms. The number of carbonyl (C=O) groups is 1. The summed E-state index contributed by atoms with van der Waals surface area (Å²) in [6.45, 7) is 1.44. The third-order valence-electron chi connectivity index (χ3n) is 5.28. The van der Waals surface area contributed by atoms with E-state index in [4.69, 9.17) is 9.15 Å². The minimum Gasteiger partial charge on any atom is -0.479 e. The van der Waals surface area contributed by atoms with E-state index >= 15 is 0 Å². The normalized spacial score (nSPS) is 12.4. The fourth-order valence-electron chi connectivity index (χ4n) is 3.54. The molecule has 8 heteroatoms. The standard InChI is InChI=1S/C26H19N3O5/c1-16(26(31)32)33-22-13-7-3-9-18(22)15-27-29-24(23-14-17-8-2-6-12-21(17)34-23)28-20-11-5-4-10-19(20)25(29)30/h2-16H,1H3,(H,31,32)/t16-/m1/s1. The summed E-state index contributed by atoms with van der Waals surface area (Å²) in [7, 11) is 0. The van der Waals surface area contributed by atoms with Gasteiger partial charge in [-0.3, -0.25) is 4.79 Å². The third kappa shape index (κ3) is 3.93. The number of nitrogens with zero attached hydrogens (tertiary/aromatic N) is 3. The molecule has 0 aliphatic heterocycles.